The summed E-state index contributed by atoms with van der Waals surface area (Å²) in [4.78, 5) is 37.8. The van der Waals surface area contributed by atoms with Gasteiger partial charge in [0, 0.05) is 18.3 Å². The smallest absolute Gasteiger partial charge is 0.294 e. The number of anilines is 1. The van der Waals surface area contributed by atoms with Gasteiger partial charge < -0.3 is 15.2 Å². The lowest BCUT2D eigenvalue weighted by atomic mass is 9.78. The molecule has 1 saturated carbocycles. The molecule has 1 aliphatic carbocycles. The number of aromatic nitrogens is 1. The average molecular weight is 406 g/mol. The quantitative estimate of drug-likeness (QED) is 0.589. The molecule has 0 aliphatic heterocycles. The van der Waals surface area contributed by atoms with Crippen LogP contribution in [0.1, 0.15) is 52.6 Å². The molecular weight excluding hydrogens is 385 g/mol. The lowest BCUT2D eigenvalue weighted by molar-refractivity contribution is -0.119. The van der Waals surface area contributed by atoms with E-state index >= 15 is 0 Å². The van der Waals surface area contributed by atoms with Crippen LogP contribution >= 0.6 is 11.6 Å². The highest BCUT2D eigenvalue weighted by atomic mass is 35.5. The Kier molecular flexibility index (Phi) is 5.30. The lowest BCUT2D eigenvalue weighted by Gasteiger charge is -2.38. The van der Waals surface area contributed by atoms with E-state index in [9.17, 15) is 18.8 Å². The lowest BCUT2D eigenvalue weighted by Crippen LogP contribution is -2.53. The highest BCUT2D eigenvalue weighted by molar-refractivity contribution is 6.44. The van der Waals surface area contributed by atoms with E-state index in [2.05, 4.69) is 10.6 Å². The first kappa shape index (κ1) is 20.1. The van der Waals surface area contributed by atoms with Crippen LogP contribution in [0, 0.1) is 12.7 Å². The highest BCUT2D eigenvalue weighted by Gasteiger charge is 2.37. The molecule has 6 nitrogen and oxygen atoms in total. The first-order valence-corrected chi connectivity index (χ1v) is 9.29. The first-order chi connectivity index (χ1) is 13.1. The zero-order valence-corrected chi connectivity index (χ0v) is 16.6. The van der Waals surface area contributed by atoms with Crippen molar-refractivity contribution in [3.05, 3.63) is 52.1 Å². The van der Waals surface area contributed by atoms with Crippen molar-refractivity contribution in [1.29, 1.82) is 0 Å². The molecule has 0 saturated heterocycles. The number of hydrogen-bond acceptors (Lipinski definition) is 3. The first-order valence-electron chi connectivity index (χ1n) is 8.91. The van der Waals surface area contributed by atoms with Crippen molar-refractivity contribution in [2.45, 2.75) is 38.6 Å². The summed E-state index contributed by atoms with van der Waals surface area (Å²) in [5.74, 6) is -2.43. The highest BCUT2D eigenvalue weighted by Crippen LogP contribution is 2.32. The number of Topliss-reactive ketones (excluding diaryl/α,β-unsaturated/α-hetero) is 1. The third-order valence-corrected chi connectivity index (χ3v) is 5.63. The molecule has 1 aliphatic rings. The topological polar surface area (TPSA) is 80.2 Å². The molecule has 8 heteroatoms. The number of carbonyl (C=O) groups is 3. The molecule has 2 amide bonds. The van der Waals surface area contributed by atoms with Crippen LogP contribution in [0.4, 0.5) is 10.1 Å². The summed E-state index contributed by atoms with van der Waals surface area (Å²) in [5.41, 5.74) is 0.493. The van der Waals surface area contributed by atoms with E-state index in [0.717, 1.165) is 19.3 Å². The molecule has 0 spiro atoms. The van der Waals surface area contributed by atoms with Gasteiger partial charge in [-0.1, -0.05) is 11.6 Å². The Morgan fingerprint density at radius 2 is 1.79 bits per heavy atom. The molecule has 2 aromatic rings. The van der Waals surface area contributed by atoms with Gasteiger partial charge in [-0.3, -0.25) is 14.4 Å². The minimum absolute atomic E-state index is 0.0446. The van der Waals surface area contributed by atoms with Crippen LogP contribution in [-0.4, -0.2) is 27.7 Å². The van der Waals surface area contributed by atoms with Crippen molar-refractivity contribution in [3.63, 3.8) is 0 Å². The number of amides is 2. The Morgan fingerprint density at radius 1 is 1.18 bits per heavy atom. The number of carbonyl (C=O) groups excluding carboxylic acids is 3. The summed E-state index contributed by atoms with van der Waals surface area (Å²) in [6, 6.07) is 5.27. The largest absolute Gasteiger partial charge is 0.344 e. The summed E-state index contributed by atoms with van der Waals surface area (Å²) < 4.78 is 14.4. The maximum atomic E-state index is 13.0. The molecule has 0 radical (unpaired) electrons. The van der Waals surface area contributed by atoms with Crippen LogP contribution in [0.3, 0.4) is 0 Å². The Balaban J connectivity index is 1.86. The molecular formula is C20H21ClFN3O3. The van der Waals surface area contributed by atoms with Crippen LogP contribution in [-0.2, 0) is 11.8 Å². The van der Waals surface area contributed by atoms with E-state index in [1.807, 2.05) is 6.92 Å². The van der Waals surface area contributed by atoms with Crippen LogP contribution < -0.4 is 10.6 Å². The van der Waals surface area contributed by atoms with E-state index in [4.69, 9.17) is 11.6 Å². The minimum Gasteiger partial charge on any atom is -0.344 e. The third-order valence-electron chi connectivity index (χ3n) is 5.19. The predicted molar refractivity (Wildman–Crippen MR) is 104 cm³/mol. The molecule has 28 heavy (non-hydrogen) atoms. The zero-order chi connectivity index (χ0) is 20.6. The molecule has 0 bridgehead atoms. The van der Waals surface area contributed by atoms with Gasteiger partial charge in [-0.05, 0) is 62.9 Å². The van der Waals surface area contributed by atoms with Crippen molar-refractivity contribution in [2.75, 3.05) is 5.32 Å². The Bertz CT molecular complexity index is 962. The van der Waals surface area contributed by atoms with Gasteiger partial charge in [0.25, 0.3) is 17.6 Å². The van der Waals surface area contributed by atoms with E-state index in [1.165, 1.54) is 35.9 Å². The van der Waals surface area contributed by atoms with Gasteiger partial charge in [-0.2, -0.15) is 0 Å². The fourth-order valence-corrected chi connectivity index (χ4v) is 3.69. The molecule has 1 heterocycles. The molecule has 1 fully saturated rings. The second-order valence-electron chi connectivity index (χ2n) is 7.36. The summed E-state index contributed by atoms with van der Waals surface area (Å²) in [6.45, 7) is 3.46. The molecule has 0 atom stereocenters. The van der Waals surface area contributed by atoms with Gasteiger partial charge in [0.2, 0.25) is 0 Å². The maximum absolute atomic E-state index is 13.0. The van der Waals surface area contributed by atoms with Crippen molar-refractivity contribution in [3.8, 4) is 0 Å². The number of rotatable bonds is 5. The fourth-order valence-electron chi connectivity index (χ4n) is 3.37. The van der Waals surface area contributed by atoms with E-state index in [1.54, 1.807) is 6.92 Å². The van der Waals surface area contributed by atoms with Crippen molar-refractivity contribution in [1.82, 2.24) is 9.88 Å². The van der Waals surface area contributed by atoms with Crippen LogP contribution in [0.5, 0.6) is 0 Å². The van der Waals surface area contributed by atoms with Crippen molar-refractivity contribution < 1.29 is 18.8 Å². The summed E-state index contributed by atoms with van der Waals surface area (Å²) >= 11 is 6.28. The number of ketones is 1. The maximum Gasteiger partial charge on any atom is 0.294 e. The van der Waals surface area contributed by atoms with Gasteiger partial charge in [-0.15, -0.1) is 0 Å². The van der Waals surface area contributed by atoms with Gasteiger partial charge in [0.1, 0.15) is 11.0 Å². The van der Waals surface area contributed by atoms with Gasteiger partial charge in [-0.25, -0.2) is 4.39 Å². The SMILES string of the molecule is Cc1c(C(=O)Nc2ccc(F)cc2)c(Cl)n(C)c1C(=O)C(=O)NC1(C)CCC1. The van der Waals surface area contributed by atoms with E-state index in [0.29, 0.717) is 11.3 Å². The number of nitrogens with one attached hydrogen (secondary N) is 2. The van der Waals surface area contributed by atoms with Crippen LogP contribution in [0.25, 0.3) is 0 Å². The minimum atomic E-state index is -0.740. The molecule has 1 aromatic carbocycles. The zero-order valence-electron chi connectivity index (χ0n) is 15.9. The van der Waals surface area contributed by atoms with Crippen molar-refractivity contribution >= 4 is 34.9 Å². The van der Waals surface area contributed by atoms with Gasteiger partial charge in [0.15, 0.2) is 0 Å². The Labute approximate surface area is 167 Å². The number of benzene rings is 1. The molecule has 1 aromatic heterocycles. The summed E-state index contributed by atoms with van der Waals surface area (Å²) in [7, 11) is 1.52. The summed E-state index contributed by atoms with van der Waals surface area (Å²) in [6.07, 6.45) is 2.65. The predicted octanol–water partition coefficient (Wildman–Crippen LogP) is 3.62. The summed E-state index contributed by atoms with van der Waals surface area (Å²) in [5, 5.41) is 5.43. The molecule has 148 valence electrons. The second-order valence-corrected chi connectivity index (χ2v) is 7.71. The van der Waals surface area contributed by atoms with E-state index in [-0.39, 0.29) is 21.9 Å². The number of nitrogens with zero attached hydrogens (tertiary/aromatic N) is 1. The molecule has 3 rings (SSSR count). The Morgan fingerprint density at radius 3 is 2.32 bits per heavy atom. The molecule has 2 N–H and O–H groups in total. The third kappa shape index (κ3) is 3.67. The average Bonchev–Trinajstić information content (AvgIpc) is 2.84. The number of halogens is 2. The second kappa shape index (κ2) is 7.39. The van der Waals surface area contributed by atoms with Crippen LogP contribution in [0.15, 0.2) is 24.3 Å². The van der Waals surface area contributed by atoms with Crippen molar-refractivity contribution in [2.24, 2.45) is 7.05 Å². The van der Waals surface area contributed by atoms with Gasteiger partial charge in [0.05, 0.1) is 11.3 Å². The Hall–Kier alpha value is -2.67. The van der Waals surface area contributed by atoms with Crippen LogP contribution in [0.2, 0.25) is 5.15 Å². The normalized spacial score (nSPS) is 14.9. The fraction of sp³-hybridized carbons (Fsp3) is 0.350. The number of hydrogen-bond donors (Lipinski definition) is 2. The van der Waals surface area contributed by atoms with Gasteiger partial charge >= 0.3 is 0 Å². The van der Waals surface area contributed by atoms with E-state index < -0.39 is 23.4 Å². The molecule has 0 unspecified atom stereocenters. The standard InChI is InChI=1S/C20H21ClFN3O3/c1-11-14(18(27)23-13-7-5-12(22)6-8-13)17(21)25(3)15(11)16(26)19(28)24-20(2)9-4-10-20/h5-8H,4,9-10H2,1-3H3,(H,23,27)(H,24,28). The monoisotopic (exact) mass is 405 g/mol.